The molecule has 2 saturated carbocycles. The highest BCUT2D eigenvalue weighted by Crippen LogP contribution is 2.46. The molecule has 3 aliphatic rings. The van der Waals surface area contributed by atoms with E-state index in [0.717, 1.165) is 0 Å². The van der Waals surface area contributed by atoms with Crippen LogP contribution in [0, 0.1) is 23.0 Å². The molecule has 2 aliphatic carbocycles. The van der Waals surface area contributed by atoms with Crippen molar-refractivity contribution in [3.8, 4) is 23.0 Å². The molecule has 0 bridgehead atoms. The number of hydrogen-bond donors (Lipinski definition) is 3. The maximum Gasteiger partial charge on any atom is 0.262 e. The van der Waals surface area contributed by atoms with E-state index in [2.05, 4.69) is 21.9 Å². The minimum Gasteiger partial charge on any atom is -0.491 e. The fourth-order valence-electron chi connectivity index (χ4n) is 7.87. The minimum atomic E-state index is -3.96. The van der Waals surface area contributed by atoms with Crippen LogP contribution in [0.15, 0.2) is 83.8 Å². The number of ether oxygens (including phenoxy) is 2. The van der Waals surface area contributed by atoms with Gasteiger partial charge in [0.1, 0.15) is 52.2 Å². The Labute approximate surface area is 357 Å². The normalized spacial score (nSPS) is 21.7. The van der Waals surface area contributed by atoms with Crippen LogP contribution in [0.3, 0.4) is 0 Å². The van der Waals surface area contributed by atoms with E-state index < -0.39 is 79.7 Å². The highest BCUT2D eigenvalue weighted by Gasteiger charge is 2.62. The number of benzene rings is 3. The van der Waals surface area contributed by atoms with Crippen LogP contribution in [-0.2, 0) is 24.4 Å². The molecule has 1 saturated heterocycles. The van der Waals surface area contributed by atoms with Crippen molar-refractivity contribution in [2.24, 2.45) is 11.3 Å². The summed E-state index contributed by atoms with van der Waals surface area (Å²) < 4.78 is 75.4. The molecule has 17 heteroatoms. The van der Waals surface area contributed by atoms with Gasteiger partial charge in [-0.3, -0.25) is 19.1 Å². The van der Waals surface area contributed by atoms with Gasteiger partial charge < -0.3 is 29.4 Å². The minimum absolute atomic E-state index is 0.0251. The van der Waals surface area contributed by atoms with Crippen molar-refractivity contribution in [2.45, 2.75) is 95.4 Å². The largest absolute Gasteiger partial charge is 0.491 e. The summed E-state index contributed by atoms with van der Waals surface area (Å²) in [7, 11) is -3.96. The van der Waals surface area contributed by atoms with Crippen molar-refractivity contribution in [3.05, 3.63) is 91.0 Å². The van der Waals surface area contributed by atoms with Crippen LogP contribution in [-0.4, -0.2) is 82.6 Å². The smallest absolute Gasteiger partial charge is 0.262 e. The van der Waals surface area contributed by atoms with Gasteiger partial charge in [0.15, 0.2) is 5.82 Å². The van der Waals surface area contributed by atoms with Crippen molar-refractivity contribution in [1.82, 2.24) is 24.9 Å². The standard InChI is InChI=1S/C45H48F2N6O8S/c1-7-26-22-45(26,43(56)52-62(57,58)32-16-17-32)51-40(54)34-21-31(23-53(34)42(55)38(44(4,5)6)48-29-10-8-9-27(46)19-29)60-41-37-36(33-20-28(47)13-18-35(33)61-37)49-39(50-41)25-11-14-30(15-12-25)59-24(2)3/h7-15,18-20,24,26,31-32,34,38,48H,1,16-17,21-23H2,2-6H3,(H,51,54)(H,52,56)/t26-,31-,34+,38-,45-/m1/s1. The lowest BCUT2D eigenvalue weighted by atomic mass is 9.85. The first-order valence-electron chi connectivity index (χ1n) is 20.5. The van der Waals surface area contributed by atoms with Crippen molar-refractivity contribution >= 4 is 55.5 Å². The first-order chi connectivity index (χ1) is 29.3. The zero-order chi connectivity index (χ0) is 44.3. The molecule has 8 rings (SSSR count). The Kier molecular flexibility index (Phi) is 11.0. The van der Waals surface area contributed by atoms with E-state index >= 15 is 0 Å². The molecule has 0 unspecified atom stereocenters. The number of hydrogen-bond acceptors (Lipinski definition) is 11. The zero-order valence-electron chi connectivity index (χ0n) is 34.9. The molecule has 3 N–H and O–H groups in total. The third-order valence-electron chi connectivity index (χ3n) is 11.4. The quantitative estimate of drug-likeness (QED) is 0.102. The molecule has 0 radical (unpaired) electrons. The van der Waals surface area contributed by atoms with Gasteiger partial charge in [-0.1, -0.05) is 32.9 Å². The number of likely N-dealkylation sites (tertiary alicyclic amines) is 1. The number of furan rings is 1. The van der Waals surface area contributed by atoms with Crippen LogP contribution >= 0.6 is 0 Å². The molecule has 14 nitrogen and oxygen atoms in total. The molecule has 3 aromatic carbocycles. The summed E-state index contributed by atoms with van der Waals surface area (Å²) in [5.74, 6) is -2.89. The zero-order valence-corrected chi connectivity index (χ0v) is 35.7. The SMILES string of the molecule is C=C[C@@H]1C[C@]1(NC(=O)[C@@H]1C[C@@H](Oc2nc(-c3ccc(OC(C)C)cc3)nc3c2oc2ccc(F)cc23)CN1C(=O)[C@@H](Nc1cccc(F)c1)C(C)(C)C)C(=O)NS(=O)(=O)C1CC1. The second-order valence-electron chi connectivity index (χ2n) is 17.6. The van der Waals surface area contributed by atoms with Gasteiger partial charge in [-0.15, -0.1) is 6.58 Å². The van der Waals surface area contributed by atoms with Crippen LogP contribution in [0.5, 0.6) is 11.6 Å². The Morgan fingerprint density at radius 3 is 2.39 bits per heavy atom. The number of anilines is 1. The molecule has 0 spiro atoms. The van der Waals surface area contributed by atoms with Crippen LogP contribution in [0.25, 0.3) is 33.5 Å². The number of sulfonamides is 1. The molecular formula is C45H48F2N6O8S. The summed E-state index contributed by atoms with van der Waals surface area (Å²) >= 11 is 0. The molecule has 3 fully saturated rings. The highest BCUT2D eigenvalue weighted by atomic mass is 32.2. The second-order valence-corrected chi connectivity index (χ2v) is 19.5. The Hall–Kier alpha value is -6.10. The Morgan fingerprint density at radius 1 is 1.02 bits per heavy atom. The van der Waals surface area contributed by atoms with Crippen LogP contribution in [0.1, 0.15) is 60.3 Å². The van der Waals surface area contributed by atoms with E-state index in [1.54, 1.807) is 30.3 Å². The highest BCUT2D eigenvalue weighted by molar-refractivity contribution is 7.91. The summed E-state index contributed by atoms with van der Waals surface area (Å²) in [5, 5.41) is 5.65. The summed E-state index contributed by atoms with van der Waals surface area (Å²) in [6, 6.07) is 14.6. The summed E-state index contributed by atoms with van der Waals surface area (Å²) in [5.41, 5.74) is -0.768. The second kappa shape index (κ2) is 16.0. The fraction of sp³-hybridized carbons (Fsp3) is 0.400. The molecule has 326 valence electrons. The molecule has 1 aliphatic heterocycles. The van der Waals surface area contributed by atoms with Crippen molar-refractivity contribution in [2.75, 3.05) is 11.9 Å². The lowest BCUT2D eigenvalue weighted by Crippen LogP contribution is -2.58. The van der Waals surface area contributed by atoms with Crippen molar-refractivity contribution in [3.63, 3.8) is 0 Å². The number of nitrogens with one attached hydrogen (secondary N) is 3. The number of fused-ring (bicyclic) bond motifs is 3. The average Bonchev–Trinajstić information content (AvgIpc) is 4.12. The predicted octanol–water partition coefficient (Wildman–Crippen LogP) is 6.65. The fourth-order valence-corrected chi connectivity index (χ4v) is 9.23. The van der Waals surface area contributed by atoms with E-state index in [1.165, 1.54) is 47.4 Å². The lowest BCUT2D eigenvalue weighted by molar-refractivity contribution is -0.141. The number of nitrogens with zero attached hydrogens (tertiary/aromatic N) is 3. The average molecular weight is 871 g/mol. The predicted molar refractivity (Wildman–Crippen MR) is 228 cm³/mol. The summed E-state index contributed by atoms with van der Waals surface area (Å²) in [6.07, 6.45) is 1.37. The van der Waals surface area contributed by atoms with Gasteiger partial charge in [-0.25, -0.2) is 22.2 Å². The van der Waals surface area contributed by atoms with E-state index in [-0.39, 0.29) is 48.3 Å². The van der Waals surface area contributed by atoms with Gasteiger partial charge in [0, 0.05) is 29.0 Å². The third-order valence-corrected chi connectivity index (χ3v) is 13.2. The third kappa shape index (κ3) is 8.54. The van der Waals surface area contributed by atoms with Crippen molar-refractivity contribution < 1.29 is 45.5 Å². The Morgan fingerprint density at radius 2 is 1.74 bits per heavy atom. The number of carbonyl (C=O) groups is 3. The van der Waals surface area contributed by atoms with E-state index in [9.17, 15) is 31.6 Å². The van der Waals surface area contributed by atoms with Gasteiger partial charge in [0.25, 0.3) is 11.8 Å². The van der Waals surface area contributed by atoms with E-state index in [1.807, 2.05) is 34.6 Å². The maximum atomic E-state index is 14.9. The van der Waals surface area contributed by atoms with Gasteiger partial charge in [-0.05, 0) is 99.2 Å². The molecule has 62 heavy (non-hydrogen) atoms. The van der Waals surface area contributed by atoms with Gasteiger partial charge in [0.2, 0.25) is 27.4 Å². The van der Waals surface area contributed by atoms with E-state index in [0.29, 0.717) is 40.8 Å². The summed E-state index contributed by atoms with van der Waals surface area (Å²) in [6.45, 7) is 12.9. The number of aromatic nitrogens is 2. The lowest BCUT2D eigenvalue weighted by Gasteiger charge is -2.36. The summed E-state index contributed by atoms with van der Waals surface area (Å²) in [4.78, 5) is 54.0. The van der Waals surface area contributed by atoms with Gasteiger partial charge in [-0.2, -0.15) is 4.98 Å². The maximum absolute atomic E-state index is 14.9. The topological polar surface area (TPSA) is 182 Å². The molecular weight excluding hydrogens is 823 g/mol. The van der Waals surface area contributed by atoms with Gasteiger partial charge >= 0.3 is 0 Å². The molecule has 2 aromatic heterocycles. The molecule has 5 aromatic rings. The first kappa shape index (κ1) is 42.6. The van der Waals surface area contributed by atoms with Crippen molar-refractivity contribution in [1.29, 1.82) is 0 Å². The number of carbonyl (C=O) groups excluding carboxylic acids is 3. The molecule has 3 heterocycles. The Balaban J connectivity index is 1.16. The monoisotopic (exact) mass is 870 g/mol. The van der Waals surface area contributed by atoms with E-state index in [4.69, 9.17) is 23.9 Å². The Bertz CT molecular complexity index is 2700. The van der Waals surface area contributed by atoms with Crippen LogP contribution in [0.2, 0.25) is 0 Å². The van der Waals surface area contributed by atoms with Crippen LogP contribution < -0.4 is 24.8 Å². The van der Waals surface area contributed by atoms with Gasteiger partial charge in [0.05, 0.1) is 17.9 Å². The molecule has 3 amide bonds. The van der Waals surface area contributed by atoms with Crippen LogP contribution in [0.4, 0.5) is 14.5 Å². The first-order valence-corrected chi connectivity index (χ1v) is 22.1. The number of halogens is 2. The number of amides is 3. The molecule has 5 atom stereocenters. The number of rotatable bonds is 14.